The lowest BCUT2D eigenvalue weighted by atomic mass is 10.1. The number of hydrogen-bond acceptors (Lipinski definition) is 4. The van der Waals surface area contributed by atoms with Crippen LogP contribution in [0.4, 0.5) is 22.7 Å². The molecule has 1 heterocycles. The minimum absolute atomic E-state index is 0.183. The molecule has 0 radical (unpaired) electrons. The number of carbonyl (C=O) groups excluding carboxylic acids is 1. The normalized spacial score (nSPS) is 10.4. The lowest BCUT2D eigenvalue weighted by molar-refractivity contribution is 0.102. The summed E-state index contributed by atoms with van der Waals surface area (Å²) in [6.07, 6.45) is 3.27. The monoisotopic (exact) mass is 360 g/mol. The Morgan fingerprint density at radius 3 is 2.22 bits per heavy atom. The molecule has 5 heteroatoms. The highest BCUT2D eigenvalue weighted by Gasteiger charge is 2.08. The van der Waals surface area contributed by atoms with Gasteiger partial charge < -0.3 is 15.5 Å². The van der Waals surface area contributed by atoms with Crippen molar-refractivity contribution in [2.24, 2.45) is 0 Å². The number of benzene rings is 2. The van der Waals surface area contributed by atoms with Gasteiger partial charge in [0, 0.05) is 37.4 Å². The van der Waals surface area contributed by atoms with E-state index in [9.17, 15) is 4.79 Å². The van der Waals surface area contributed by atoms with Crippen molar-refractivity contribution in [3.05, 3.63) is 77.6 Å². The number of pyridine rings is 1. The zero-order chi connectivity index (χ0) is 19.4. The fraction of sp³-hybridized carbons (Fsp3) is 0.182. The second-order valence-electron chi connectivity index (χ2n) is 6.78. The van der Waals surface area contributed by atoms with Gasteiger partial charge in [-0.15, -0.1) is 0 Å². The minimum atomic E-state index is -0.183. The van der Waals surface area contributed by atoms with Crippen LogP contribution < -0.4 is 15.5 Å². The first-order chi connectivity index (χ1) is 12.9. The van der Waals surface area contributed by atoms with Crippen molar-refractivity contribution in [1.82, 2.24) is 4.98 Å². The summed E-state index contributed by atoms with van der Waals surface area (Å²) in [5.41, 5.74) is 6.45. The molecule has 0 saturated carbocycles. The van der Waals surface area contributed by atoms with Crippen LogP contribution in [0.5, 0.6) is 0 Å². The smallest absolute Gasteiger partial charge is 0.257 e. The molecule has 1 amide bonds. The second-order valence-corrected chi connectivity index (χ2v) is 6.78. The van der Waals surface area contributed by atoms with E-state index >= 15 is 0 Å². The van der Waals surface area contributed by atoms with Gasteiger partial charge in [0.2, 0.25) is 0 Å². The Hall–Kier alpha value is -3.34. The predicted molar refractivity (Wildman–Crippen MR) is 112 cm³/mol. The Balaban J connectivity index is 1.72. The van der Waals surface area contributed by atoms with Crippen molar-refractivity contribution >= 4 is 28.7 Å². The fourth-order valence-corrected chi connectivity index (χ4v) is 2.66. The van der Waals surface area contributed by atoms with E-state index in [-0.39, 0.29) is 5.91 Å². The molecule has 0 aliphatic carbocycles. The van der Waals surface area contributed by atoms with Crippen molar-refractivity contribution in [2.45, 2.75) is 13.8 Å². The Labute approximate surface area is 160 Å². The average molecular weight is 360 g/mol. The summed E-state index contributed by atoms with van der Waals surface area (Å²) in [7, 11) is 4.01. The highest BCUT2D eigenvalue weighted by molar-refractivity contribution is 6.04. The van der Waals surface area contributed by atoms with E-state index in [1.807, 2.05) is 75.3 Å². The number of hydrogen-bond donors (Lipinski definition) is 2. The molecular formula is C22H24N4O. The maximum absolute atomic E-state index is 12.6. The fourth-order valence-electron chi connectivity index (χ4n) is 2.66. The van der Waals surface area contributed by atoms with Gasteiger partial charge in [0.05, 0.1) is 17.4 Å². The molecule has 0 aliphatic rings. The van der Waals surface area contributed by atoms with Crippen LogP contribution in [-0.2, 0) is 0 Å². The van der Waals surface area contributed by atoms with E-state index in [0.29, 0.717) is 5.56 Å². The van der Waals surface area contributed by atoms with Crippen LogP contribution in [0, 0.1) is 13.8 Å². The maximum atomic E-state index is 12.6. The van der Waals surface area contributed by atoms with Crippen LogP contribution in [0.2, 0.25) is 0 Å². The van der Waals surface area contributed by atoms with Gasteiger partial charge in [-0.3, -0.25) is 9.78 Å². The SMILES string of the molecule is Cc1ccc(NC(=O)c2cncc(Nc3ccc(N(C)C)cc3)c2)cc1C. The lowest BCUT2D eigenvalue weighted by Crippen LogP contribution is -2.12. The highest BCUT2D eigenvalue weighted by Crippen LogP contribution is 2.21. The molecule has 0 atom stereocenters. The first-order valence-electron chi connectivity index (χ1n) is 8.80. The molecule has 0 saturated heterocycles. The van der Waals surface area contributed by atoms with Crippen LogP contribution in [-0.4, -0.2) is 25.0 Å². The van der Waals surface area contributed by atoms with Gasteiger partial charge >= 0.3 is 0 Å². The summed E-state index contributed by atoms with van der Waals surface area (Å²) in [5.74, 6) is -0.183. The van der Waals surface area contributed by atoms with E-state index in [1.54, 1.807) is 18.5 Å². The molecule has 5 nitrogen and oxygen atoms in total. The number of anilines is 4. The second kappa shape index (κ2) is 7.91. The quantitative estimate of drug-likeness (QED) is 0.689. The molecule has 3 rings (SSSR count). The van der Waals surface area contributed by atoms with Gasteiger partial charge in [-0.25, -0.2) is 0 Å². The largest absolute Gasteiger partial charge is 0.378 e. The van der Waals surface area contributed by atoms with E-state index in [4.69, 9.17) is 0 Å². The topological polar surface area (TPSA) is 57.3 Å². The van der Waals surface area contributed by atoms with Crippen molar-refractivity contribution in [3.8, 4) is 0 Å². The van der Waals surface area contributed by atoms with Crippen LogP contribution in [0.3, 0.4) is 0 Å². The first-order valence-corrected chi connectivity index (χ1v) is 8.80. The van der Waals surface area contributed by atoms with Crippen molar-refractivity contribution in [2.75, 3.05) is 29.6 Å². The van der Waals surface area contributed by atoms with Gasteiger partial charge in [-0.05, 0) is 67.4 Å². The van der Waals surface area contributed by atoms with Crippen LogP contribution in [0.1, 0.15) is 21.5 Å². The number of amides is 1. The first kappa shape index (κ1) is 18.5. The summed E-state index contributed by atoms with van der Waals surface area (Å²) in [4.78, 5) is 18.8. The van der Waals surface area contributed by atoms with E-state index < -0.39 is 0 Å². The number of nitrogens with zero attached hydrogens (tertiary/aromatic N) is 2. The van der Waals surface area contributed by atoms with Crippen LogP contribution in [0.15, 0.2) is 60.9 Å². The molecule has 3 aromatic rings. The Bertz CT molecular complexity index is 949. The molecule has 27 heavy (non-hydrogen) atoms. The molecular weight excluding hydrogens is 336 g/mol. The minimum Gasteiger partial charge on any atom is -0.378 e. The summed E-state index contributed by atoms with van der Waals surface area (Å²) >= 11 is 0. The van der Waals surface area contributed by atoms with Crippen molar-refractivity contribution in [1.29, 1.82) is 0 Å². The summed E-state index contributed by atoms with van der Waals surface area (Å²) < 4.78 is 0. The highest BCUT2D eigenvalue weighted by atomic mass is 16.1. The van der Waals surface area contributed by atoms with E-state index in [1.165, 1.54) is 5.56 Å². The molecule has 0 aliphatic heterocycles. The Morgan fingerprint density at radius 1 is 0.852 bits per heavy atom. The van der Waals surface area contributed by atoms with Crippen LogP contribution in [0.25, 0.3) is 0 Å². The summed E-state index contributed by atoms with van der Waals surface area (Å²) in [5, 5.41) is 6.21. The third-order valence-corrected chi connectivity index (χ3v) is 4.44. The standard InChI is InChI=1S/C22H24N4O/c1-15-5-6-19(11-16(15)2)25-22(27)17-12-20(14-23-13-17)24-18-7-9-21(10-8-18)26(3)4/h5-14,24H,1-4H3,(H,25,27). The van der Waals surface area contributed by atoms with Crippen LogP contribution >= 0.6 is 0 Å². The third-order valence-electron chi connectivity index (χ3n) is 4.44. The predicted octanol–water partition coefficient (Wildman–Crippen LogP) is 4.76. The zero-order valence-electron chi connectivity index (χ0n) is 16.1. The van der Waals surface area contributed by atoms with E-state index in [0.717, 1.165) is 28.3 Å². The third kappa shape index (κ3) is 4.64. The number of rotatable bonds is 5. The zero-order valence-corrected chi connectivity index (χ0v) is 16.1. The Kier molecular flexibility index (Phi) is 5.41. The molecule has 0 spiro atoms. The lowest BCUT2D eigenvalue weighted by Gasteiger charge is -2.13. The van der Waals surface area contributed by atoms with Gasteiger partial charge in [-0.2, -0.15) is 0 Å². The summed E-state index contributed by atoms with van der Waals surface area (Å²) in [6, 6.07) is 15.7. The molecule has 0 unspecified atom stereocenters. The van der Waals surface area contributed by atoms with Crippen molar-refractivity contribution in [3.63, 3.8) is 0 Å². The number of nitrogens with one attached hydrogen (secondary N) is 2. The number of carbonyl (C=O) groups is 1. The van der Waals surface area contributed by atoms with Gasteiger partial charge in [0.15, 0.2) is 0 Å². The van der Waals surface area contributed by atoms with Gasteiger partial charge in [-0.1, -0.05) is 6.07 Å². The molecule has 2 aromatic carbocycles. The summed E-state index contributed by atoms with van der Waals surface area (Å²) in [6.45, 7) is 4.07. The maximum Gasteiger partial charge on any atom is 0.257 e. The Morgan fingerprint density at radius 2 is 1.56 bits per heavy atom. The van der Waals surface area contributed by atoms with Gasteiger partial charge in [0.1, 0.15) is 0 Å². The molecule has 0 bridgehead atoms. The molecule has 1 aromatic heterocycles. The molecule has 138 valence electrons. The van der Waals surface area contributed by atoms with Gasteiger partial charge in [0.25, 0.3) is 5.91 Å². The number of aromatic nitrogens is 1. The number of aryl methyl sites for hydroxylation is 2. The molecule has 0 fully saturated rings. The van der Waals surface area contributed by atoms with Crippen molar-refractivity contribution < 1.29 is 4.79 Å². The van der Waals surface area contributed by atoms with E-state index in [2.05, 4.69) is 15.6 Å². The average Bonchev–Trinajstić information content (AvgIpc) is 2.65. The molecule has 2 N–H and O–H groups in total.